The van der Waals surface area contributed by atoms with Crippen LogP contribution in [0.15, 0.2) is 23.1 Å². The maximum absolute atomic E-state index is 12.2. The molecular weight excluding hydrogens is 276 g/mol. The summed E-state index contributed by atoms with van der Waals surface area (Å²) >= 11 is 5.90. The Balaban J connectivity index is 2.21. The van der Waals surface area contributed by atoms with E-state index in [1.54, 1.807) is 6.07 Å². The van der Waals surface area contributed by atoms with Crippen molar-refractivity contribution in [3.8, 4) is 0 Å². The van der Waals surface area contributed by atoms with Crippen LogP contribution in [0.5, 0.6) is 0 Å². The van der Waals surface area contributed by atoms with Gasteiger partial charge in [0.25, 0.3) is 0 Å². The molecule has 0 aliphatic carbocycles. The number of nitrogens with two attached hydrogens (primary N) is 1. The SMILES string of the molecule is Nc1ccc(Cl)c(S(=O)(=O)NC2CCOCC2)c1. The van der Waals surface area contributed by atoms with Gasteiger partial charge in [-0.3, -0.25) is 0 Å². The average molecular weight is 291 g/mol. The van der Waals surface area contributed by atoms with Gasteiger partial charge in [0.1, 0.15) is 4.90 Å². The predicted molar refractivity (Wildman–Crippen MR) is 70.0 cm³/mol. The standard InChI is InChI=1S/C11H15ClN2O3S/c12-10-2-1-8(13)7-11(10)18(15,16)14-9-3-5-17-6-4-9/h1-2,7,9,14H,3-6,13H2. The molecular formula is C11H15ClN2O3S. The fourth-order valence-electron chi connectivity index (χ4n) is 1.82. The van der Waals surface area contributed by atoms with E-state index in [-0.39, 0.29) is 16.0 Å². The third-order valence-corrected chi connectivity index (χ3v) is 4.79. The highest BCUT2D eigenvalue weighted by Crippen LogP contribution is 2.24. The Kier molecular flexibility index (Phi) is 4.11. The van der Waals surface area contributed by atoms with Gasteiger partial charge in [-0.05, 0) is 31.0 Å². The highest BCUT2D eigenvalue weighted by atomic mass is 35.5. The summed E-state index contributed by atoms with van der Waals surface area (Å²) in [6, 6.07) is 4.30. The third-order valence-electron chi connectivity index (χ3n) is 2.79. The van der Waals surface area contributed by atoms with Crippen molar-refractivity contribution in [1.82, 2.24) is 4.72 Å². The fraction of sp³-hybridized carbons (Fsp3) is 0.455. The number of benzene rings is 1. The zero-order valence-corrected chi connectivity index (χ0v) is 11.3. The molecule has 3 N–H and O–H groups in total. The van der Waals surface area contributed by atoms with Crippen LogP contribution in [-0.4, -0.2) is 27.7 Å². The van der Waals surface area contributed by atoms with Crippen LogP contribution in [-0.2, 0) is 14.8 Å². The lowest BCUT2D eigenvalue weighted by atomic mass is 10.1. The van der Waals surface area contributed by atoms with Gasteiger partial charge in [-0.2, -0.15) is 0 Å². The molecule has 1 aliphatic heterocycles. The maximum Gasteiger partial charge on any atom is 0.242 e. The van der Waals surface area contributed by atoms with Crippen molar-refractivity contribution in [3.63, 3.8) is 0 Å². The zero-order chi connectivity index (χ0) is 13.2. The smallest absolute Gasteiger partial charge is 0.242 e. The Morgan fingerprint density at radius 3 is 2.67 bits per heavy atom. The molecule has 2 rings (SSSR count). The summed E-state index contributed by atoms with van der Waals surface area (Å²) in [6.07, 6.45) is 1.33. The first kappa shape index (κ1) is 13.6. The number of nitrogen functional groups attached to an aromatic ring is 1. The van der Waals surface area contributed by atoms with Crippen LogP contribution >= 0.6 is 11.6 Å². The minimum atomic E-state index is -3.63. The van der Waals surface area contributed by atoms with Crippen LogP contribution < -0.4 is 10.5 Å². The molecule has 18 heavy (non-hydrogen) atoms. The van der Waals surface area contributed by atoms with Crippen molar-refractivity contribution in [1.29, 1.82) is 0 Å². The summed E-state index contributed by atoms with van der Waals surface area (Å²) < 4.78 is 32.2. The maximum atomic E-state index is 12.2. The number of hydrogen-bond acceptors (Lipinski definition) is 4. The van der Waals surface area contributed by atoms with E-state index >= 15 is 0 Å². The molecule has 0 atom stereocenters. The summed E-state index contributed by atoms with van der Waals surface area (Å²) in [6.45, 7) is 1.13. The highest BCUT2D eigenvalue weighted by molar-refractivity contribution is 7.89. The quantitative estimate of drug-likeness (QED) is 0.824. The molecule has 1 heterocycles. The Hall–Kier alpha value is -0.820. The lowest BCUT2D eigenvalue weighted by Crippen LogP contribution is -2.38. The first-order valence-corrected chi connectivity index (χ1v) is 7.50. The second-order valence-corrected chi connectivity index (χ2v) is 6.29. The van der Waals surface area contributed by atoms with E-state index in [1.165, 1.54) is 12.1 Å². The summed E-state index contributed by atoms with van der Waals surface area (Å²) in [4.78, 5) is 0.0238. The van der Waals surface area contributed by atoms with Gasteiger partial charge < -0.3 is 10.5 Å². The van der Waals surface area contributed by atoms with E-state index in [4.69, 9.17) is 22.1 Å². The van der Waals surface area contributed by atoms with E-state index in [2.05, 4.69) is 4.72 Å². The monoisotopic (exact) mass is 290 g/mol. The van der Waals surface area contributed by atoms with Gasteiger partial charge >= 0.3 is 0 Å². The molecule has 1 aromatic carbocycles. The molecule has 0 aromatic heterocycles. The molecule has 0 radical (unpaired) electrons. The molecule has 0 amide bonds. The number of sulfonamides is 1. The lowest BCUT2D eigenvalue weighted by molar-refractivity contribution is 0.0832. The van der Waals surface area contributed by atoms with Gasteiger partial charge in [0.05, 0.1) is 5.02 Å². The largest absolute Gasteiger partial charge is 0.399 e. The lowest BCUT2D eigenvalue weighted by Gasteiger charge is -2.23. The van der Waals surface area contributed by atoms with E-state index in [1.807, 2.05) is 0 Å². The van der Waals surface area contributed by atoms with Gasteiger partial charge in [0.2, 0.25) is 10.0 Å². The first-order chi connectivity index (χ1) is 8.49. The molecule has 1 aliphatic rings. The molecule has 0 bridgehead atoms. The Morgan fingerprint density at radius 1 is 1.33 bits per heavy atom. The van der Waals surface area contributed by atoms with Crippen molar-refractivity contribution in [2.75, 3.05) is 18.9 Å². The summed E-state index contributed by atoms with van der Waals surface area (Å²) in [5, 5.41) is 0.170. The topological polar surface area (TPSA) is 81.4 Å². The van der Waals surface area contributed by atoms with Gasteiger partial charge in [-0.1, -0.05) is 11.6 Å². The van der Waals surface area contributed by atoms with Crippen LogP contribution in [0.4, 0.5) is 5.69 Å². The van der Waals surface area contributed by atoms with Gasteiger partial charge in [-0.25, -0.2) is 13.1 Å². The van der Waals surface area contributed by atoms with E-state index in [9.17, 15) is 8.42 Å². The number of anilines is 1. The molecule has 0 spiro atoms. The zero-order valence-electron chi connectivity index (χ0n) is 9.73. The van der Waals surface area contributed by atoms with Gasteiger partial charge in [-0.15, -0.1) is 0 Å². The van der Waals surface area contributed by atoms with Crippen molar-refractivity contribution < 1.29 is 13.2 Å². The van der Waals surface area contributed by atoms with Crippen molar-refractivity contribution in [2.45, 2.75) is 23.8 Å². The van der Waals surface area contributed by atoms with Crippen LogP contribution in [0, 0.1) is 0 Å². The molecule has 100 valence electrons. The summed E-state index contributed by atoms with van der Waals surface area (Å²) in [7, 11) is -3.63. The van der Waals surface area contributed by atoms with E-state index in [0.29, 0.717) is 31.7 Å². The van der Waals surface area contributed by atoms with Crippen molar-refractivity contribution in [3.05, 3.63) is 23.2 Å². The molecule has 0 unspecified atom stereocenters. The second kappa shape index (κ2) is 5.44. The van der Waals surface area contributed by atoms with E-state index < -0.39 is 10.0 Å². The summed E-state index contributed by atoms with van der Waals surface area (Å²) in [5.74, 6) is 0. The third kappa shape index (κ3) is 3.14. The number of rotatable bonds is 3. The molecule has 1 aromatic rings. The first-order valence-electron chi connectivity index (χ1n) is 5.64. The fourth-order valence-corrected chi connectivity index (χ4v) is 3.66. The van der Waals surface area contributed by atoms with E-state index in [0.717, 1.165) is 0 Å². The normalized spacial score (nSPS) is 17.8. The van der Waals surface area contributed by atoms with Crippen molar-refractivity contribution in [2.24, 2.45) is 0 Å². The molecule has 7 heteroatoms. The molecule has 5 nitrogen and oxygen atoms in total. The Labute approximate surface area is 111 Å². The molecule has 1 saturated heterocycles. The Bertz CT molecular complexity index is 527. The van der Waals surface area contributed by atoms with Crippen LogP contribution in [0.1, 0.15) is 12.8 Å². The summed E-state index contributed by atoms with van der Waals surface area (Å²) in [5.41, 5.74) is 5.95. The molecule has 0 saturated carbocycles. The average Bonchev–Trinajstić information content (AvgIpc) is 2.33. The van der Waals surface area contributed by atoms with Crippen LogP contribution in [0.2, 0.25) is 5.02 Å². The van der Waals surface area contributed by atoms with Crippen LogP contribution in [0.3, 0.4) is 0 Å². The minimum absolute atomic E-state index is 0.0238. The second-order valence-electron chi connectivity index (χ2n) is 4.20. The Morgan fingerprint density at radius 2 is 2.00 bits per heavy atom. The van der Waals surface area contributed by atoms with Gasteiger partial charge in [0.15, 0.2) is 0 Å². The van der Waals surface area contributed by atoms with Crippen LogP contribution in [0.25, 0.3) is 0 Å². The highest BCUT2D eigenvalue weighted by Gasteiger charge is 2.24. The minimum Gasteiger partial charge on any atom is -0.399 e. The number of nitrogens with one attached hydrogen (secondary N) is 1. The number of hydrogen-bond donors (Lipinski definition) is 2. The van der Waals surface area contributed by atoms with Gasteiger partial charge in [0, 0.05) is 24.9 Å². The molecule has 1 fully saturated rings. The van der Waals surface area contributed by atoms with Crippen molar-refractivity contribution >= 4 is 27.3 Å². The number of ether oxygens (including phenoxy) is 1. The number of halogens is 1. The predicted octanol–water partition coefficient (Wildman–Crippen LogP) is 1.38.